The summed E-state index contributed by atoms with van der Waals surface area (Å²) in [5, 5.41) is 16.8. The van der Waals surface area contributed by atoms with E-state index in [0.717, 1.165) is 27.6 Å². The van der Waals surface area contributed by atoms with Gasteiger partial charge in [0.05, 0.1) is 0 Å². The van der Waals surface area contributed by atoms with Gasteiger partial charge in [-0.05, 0) is 0 Å². The lowest BCUT2D eigenvalue weighted by Crippen LogP contribution is -2.06. The third-order valence-corrected chi connectivity index (χ3v) is 4.33. The molecule has 2 aromatic carbocycles. The molecular weight excluding hydrogens is 334 g/mol. The number of aromatic nitrogens is 4. The zero-order chi connectivity index (χ0) is 16.9. The summed E-state index contributed by atoms with van der Waals surface area (Å²) < 4.78 is 1.73. The number of nitrogens with zero attached hydrogens (tertiary/aromatic N) is 5. The number of oxime groups is 1. The Morgan fingerprint density at radius 1 is 0.960 bits per heavy atom. The third kappa shape index (κ3) is 3.41. The van der Waals surface area contributed by atoms with Crippen LogP contribution in [0.15, 0.2) is 71.3 Å². The van der Waals surface area contributed by atoms with Crippen LogP contribution in [-0.2, 0) is 11.3 Å². The molecule has 2 heterocycles. The summed E-state index contributed by atoms with van der Waals surface area (Å²) in [5.41, 5.74) is 4.58. The molecule has 2 aromatic heterocycles. The molecule has 4 rings (SSSR count). The van der Waals surface area contributed by atoms with Crippen LogP contribution in [0.1, 0.15) is 17.0 Å². The van der Waals surface area contributed by atoms with Crippen LogP contribution in [-0.4, -0.2) is 32.1 Å². The predicted molar refractivity (Wildman–Crippen MR) is 96.8 cm³/mol. The highest BCUT2D eigenvalue weighted by Gasteiger charge is 2.09. The van der Waals surface area contributed by atoms with Gasteiger partial charge >= 0.3 is 0 Å². The maximum absolute atomic E-state index is 5.59. The maximum Gasteiger partial charge on any atom is 0.234 e. The average Bonchev–Trinajstić information content (AvgIpc) is 3.28. The lowest BCUT2D eigenvalue weighted by molar-refractivity contribution is 0.146. The molecule has 0 bridgehead atoms. The Morgan fingerprint density at radius 2 is 1.64 bits per heavy atom. The molecule has 0 saturated heterocycles. The van der Waals surface area contributed by atoms with E-state index in [9.17, 15) is 0 Å². The van der Waals surface area contributed by atoms with E-state index in [1.165, 1.54) is 11.3 Å². The zero-order valence-corrected chi connectivity index (χ0v) is 14.1. The van der Waals surface area contributed by atoms with E-state index in [1.807, 2.05) is 60.7 Å². The largest absolute Gasteiger partial charge is 0.395 e. The smallest absolute Gasteiger partial charge is 0.234 e. The normalized spacial score (nSPS) is 10.7. The second-order valence-corrected chi connectivity index (χ2v) is 6.12. The number of benzene rings is 2. The van der Waals surface area contributed by atoms with Crippen molar-refractivity contribution in [3.8, 4) is 0 Å². The van der Waals surface area contributed by atoms with Gasteiger partial charge in [0.2, 0.25) is 4.96 Å². The summed E-state index contributed by atoms with van der Waals surface area (Å²) >= 11 is 1.46. The molecular formula is C18H15N5OS. The van der Waals surface area contributed by atoms with E-state index in [4.69, 9.17) is 4.84 Å². The minimum absolute atomic E-state index is 0.404. The Bertz CT molecular complexity index is 937. The number of hydrogen-bond donors (Lipinski definition) is 0. The van der Waals surface area contributed by atoms with Crippen molar-refractivity contribution >= 4 is 22.0 Å². The first-order chi connectivity index (χ1) is 12.4. The first-order valence-corrected chi connectivity index (χ1v) is 8.74. The molecule has 0 aliphatic heterocycles. The topological polar surface area (TPSA) is 64.7 Å². The highest BCUT2D eigenvalue weighted by molar-refractivity contribution is 7.14. The Labute approximate surface area is 148 Å². The van der Waals surface area contributed by atoms with Crippen molar-refractivity contribution < 1.29 is 4.84 Å². The van der Waals surface area contributed by atoms with Crippen LogP contribution in [0.2, 0.25) is 0 Å². The van der Waals surface area contributed by atoms with Crippen LogP contribution in [0.25, 0.3) is 4.96 Å². The quantitative estimate of drug-likeness (QED) is 0.305. The van der Waals surface area contributed by atoms with Crippen LogP contribution in [0, 0.1) is 0 Å². The van der Waals surface area contributed by atoms with Gasteiger partial charge in [-0.1, -0.05) is 77.2 Å². The maximum atomic E-state index is 5.59. The minimum atomic E-state index is 0.404. The van der Waals surface area contributed by atoms with Crippen molar-refractivity contribution in [3.05, 3.63) is 83.1 Å². The van der Waals surface area contributed by atoms with Gasteiger partial charge in [-0.2, -0.15) is 9.61 Å². The Hall–Kier alpha value is -3.06. The molecule has 0 unspecified atom stereocenters. The second-order valence-electron chi connectivity index (χ2n) is 5.30. The Balaban J connectivity index is 1.51. The second kappa shape index (κ2) is 7.23. The highest BCUT2D eigenvalue weighted by Crippen LogP contribution is 2.12. The van der Waals surface area contributed by atoms with E-state index in [-0.39, 0.29) is 0 Å². The van der Waals surface area contributed by atoms with Crippen LogP contribution in [0.5, 0.6) is 0 Å². The molecule has 7 heteroatoms. The fourth-order valence-electron chi connectivity index (χ4n) is 2.47. The highest BCUT2D eigenvalue weighted by atomic mass is 32.1. The molecule has 6 nitrogen and oxygen atoms in total. The van der Waals surface area contributed by atoms with E-state index in [1.54, 1.807) is 10.0 Å². The zero-order valence-electron chi connectivity index (χ0n) is 13.3. The predicted octanol–water partition coefficient (Wildman–Crippen LogP) is 3.20. The fourth-order valence-corrected chi connectivity index (χ4v) is 3.05. The SMILES string of the molecule is c1ccc(C(=NOCCc2nnc3scnn23)c2ccccc2)cc1. The number of hydrogen-bond acceptors (Lipinski definition) is 6. The molecule has 0 spiro atoms. The first-order valence-electron chi connectivity index (χ1n) is 7.86. The summed E-state index contributed by atoms with van der Waals surface area (Å²) in [7, 11) is 0. The fraction of sp³-hybridized carbons (Fsp3) is 0.111. The van der Waals surface area contributed by atoms with Crippen molar-refractivity contribution in [2.75, 3.05) is 6.61 Å². The van der Waals surface area contributed by atoms with Gasteiger partial charge in [0, 0.05) is 17.5 Å². The van der Waals surface area contributed by atoms with Crippen LogP contribution in [0.3, 0.4) is 0 Å². The molecule has 0 aliphatic rings. The molecule has 0 N–H and O–H groups in total. The first kappa shape index (κ1) is 15.5. The van der Waals surface area contributed by atoms with Crippen LogP contribution < -0.4 is 0 Å². The van der Waals surface area contributed by atoms with Crippen LogP contribution in [0.4, 0.5) is 0 Å². The molecule has 0 radical (unpaired) electrons. The van der Waals surface area contributed by atoms with Gasteiger partial charge < -0.3 is 4.84 Å². The van der Waals surface area contributed by atoms with Crippen molar-refractivity contribution in [1.82, 2.24) is 19.8 Å². The molecule has 4 aromatic rings. The van der Waals surface area contributed by atoms with Gasteiger partial charge in [0.1, 0.15) is 17.8 Å². The monoisotopic (exact) mass is 349 g/mol. The Kier molecular flexibility index (Phi) is 4.47. The summed E-state index contributed by atoms with van der Waals surface area (Å²) in [6.45, 7) is 0.404. The van der Waals surface area contributed by atoms with Crippen molar-refractivity contribution in [3.63, 3.8) is 0 Å². The van der Waals surface area contributed by atoms with E-state index >= 15 is 0 Å². The Morgan fingerprint density at radius 3 is 2.32 bits per heavy atom. The van der Waals surface area contributed by atoms with Crippen molar-refractivity contribution in [2.45, 2.75) is 6.42 Å². The average molecular weight is 349 g/mol. The summed E-state index contributed by atoms with van der Waals surface area (Å²) in [6, 6.07) is 20.0. The van der Waals surface area contributed by atoms with E-state index in [2.05, 4.69) is 20.5 Å². The van der Waals surface area contributed by atoms with Gasteiger partial charge in [0.15, 0.2) is 5.82 Å². The summed E-state index contributed by atoms with van der Waals surface area (Å²) in [6.07, 6.45) is 0.589. The molecule has 124 valence electrons. The van der Waals surface area contributed by atoms with Gasteiger partial charge in [-0.25, -0.2) is 0 Å². The van der Waals surface area contributed by atoms with E-state index in [0.29, 0.717) is 13.0 Å². The van der Waals surface area contributed by atoms with Gasteiger partial charge in [-0.15, -0.1) is 10.2 Å². The standard InChI is InChI=1S/C18H15N5OS/c1-3-7-14(8-4-1)17(15-9-5-2-6-10-15)22-24-12-11-16-20-21-18-23(16)19-13-25-18/h1-10,13H,11-12H2. The summed E-state index contributed by atoms with van der Waals surface area (Å²) in [4.78, 5) is 6.37. The van der Waals surface area contributed by atoms with E-state index < -0.39 is 0 Å². The van der Waals surface area contributed by atoms with Crippen molar-refractivity contribution in [1.29, 1.82) is 0 Å². The molecule has 0 amide bonds. The molecule has 25 heavy (non-hydrogen) atoms. The lowest BCUT2D eigenvalue weighted by atomic mass is 10.0. The van der Waals surface area contributed by atoms with Crippen LogP contribution >= 0.6 is 11.3 Å². The number of fused-ring (bicyclic) bond motifs is 1. The third-order valence-electron chi connectivity index (χ3n) is 3.66. The molecule has 0 saturated carbocycles. The van der Waals surface area contributed by atoms with Gasteiger partial charge in [-0.3, -0.25) is 0 Å². The van der Waals surface area contributed by atoms with Gasteiger partial charge in [0.25, 0.3) is 0 Å². The molecule has 0 aliphatic carbocycles. The molecule has 0 atom stereocenters. The minimum Gasteiger partial charge on any atom is -0.395 e. The van der Waals surface area contributed by atoms with Crippen molar-refractivity contribution in [2.24, 2.45) is 5.16 Å². The summed E-state index contributed by atoms with van der Waals surface area (Å²) in [5.74, 6) is 0.771. The number of rotatable bonds is 6. The lowest BCUT2D eigenvalue weighted by Gasteiger charge is -2.07. The molecule has 0 fully saturated rings.